The molecule has 2 nitrogen and oxygen atoms in total. The summed E-state index contributed by atoms with van der Waals surface area (Å²) in [5.41, 5.74) is 0.270. The quantitative estimate of drug-likeness (QED) is 0.578. The summed E-state index contributed by atoms with van der Waals surface area (Å²) in [5.74, 6) is -0.506. The Hall–Kier alpha value is -1.21. The SMILES string of the molecule is N#Cc1cc(=S)c(F)c[nH]1. The number of nitriles is 1. The number of hydrogen-bond acceptors (Lipinski definition) is 2. The lowest BCUT2D eigenvalue weighted by Gasteiger charge is -1.88. The van der Waals surface area contributed by atoms with E-state index in [2.05, 4.69) is 17.2 Å². The summed E-state index contributed by atoms with van der Waals surface area (Å²) in [4.78, 5) is 2.42. The highest BCUT2D eigenvalue weighted by Crippen LogP contribution is 1.99. The van der Waals surface area contributed by atoms with Gasteiger partial charge >= 0.3 is 0 Å². The normalized spacial score (nSPS) is 8.80. The lowest BCUT2D eigenvalue weighted by Crippen LogP contribution is -1.83. The number of pyridine rings is 1. The van der Waals surface area contributed by atoms with Crippen LogP contribution in [-0.4, -0.2) is 4.98 Å². The van der Waals surface area contributed by atoms with Gasteiger partial charge in [-0.2, -0.15) is 5.26 Å². The third-order valence-corrected chi connectivity index (χ3v) is 1.30. The highest BCUT2D eigenvalue weighted by molar-refractivity contribution is 7.71. The van der Waals surface area contributed by atoms with Crippen molar-refractivity contribution in [2.24, 2.45) is 0 Å². The Morgan fingerprint density at radius 3 is 2.90 bits per heavy atom. The van der Waals surface area contributed by atoms with E-state index in [0.29, 0.717) is 0 Å². The summed E-state index contributed by atoms with van der Waals surface area (Å²) in [6, 6.07) is 3.09. The minimum Gasteiger partial charge on any atom is -0.350 e. The summed E-state index contributed by atoms with van der Waals surface area (Å²) in [5, 5.41) is 8.30. The fourth-order valence-electron chi connectivity index (χ4n) is 0.518. The van der Waals surface area contributed by atoms with Gasteiger partial charge in [-0.15, -0.1) is 0 Å². The number of aromatic nitrogens is 1. The van der Waals surface area contributed by atoms with E-state index in [4.69, 9.17) is 5.26 Å². The van der Waals surface area contributed by atoms with E-state index < -0.39 is 5.82 Å². The first kappa shape index (κ1) is 6.90. The second-order valence-corrected chi connectivity index (χ2v) is 2.11. The van der Waals surface area contributed by atoms with Crippen molar-refractivity contribution in [3.63, 3.8) is 0 Å². The molecule has 0 spiro atoms. The average Bonchev–Trinajstić information content (AvgIpc) is 1.95. The molecule has 0 aliphatic carbocycles. The van der Waals surface area contributed by atoms with E-state index in [9.17, 15) is 4.39 Å². The lowest BCUT2D eigenvalue weighted by molar-refractivity contribution is 0.617. The van der Waals surface area contributed by atoms with Gasteiger partial charge in [0.2, 0.25) is 0 Å². The number of nitrogens with one attached hydrogen (secondary N) is 1. The van der Waals surface area contributed by atoms with Gasteiger partial charge in [0.1, 0.15) is 11.8 Å². The highest BCUT2D eigenvalue weighted by atomic mass is 32.1. The molecule has 0 bridgehead atoms. The molecule has 0 fully saturated rings. The molecule has 0 unspecified atom stereocenters. The average molecular weight is 154 g/mol. The molecule has 1 aromatic heterocycles. The van der Waals surface area contributed by atoms with Crippen molar-refractivity contribution >= 4 is 12.2 Å². The van der Waals surface area contributed by atoms with Crippen LogP contribution >= 0.6 is 12.2 Å². The van der Waals surface area contributed by atoms with Crippen molar-refractivity contribution in [2.75, 3.05) is 0 Å². The molecule has 50 valence electrons. The van der Waals surface area contributed by atoms with Crippen molar-refractivity contribution in [2.45, 2.75) is 0 Å². The molecule has 1 rings (SSSR count). The molecule has 4 heteroatoms. The molecule has 0 aliphatic rings. The molecule has 10 heavy (non-hydrogen) atoms. The van der Waals surface area contributed by atoms with Crippen molar-refractivity contribution in [1.82, 2.24) is 4.98 Å². The molecule has 1 N–H and O–H groups in total. The number of hydrogen-bond donors (Lipinski definition) is 1. The van der Waals surface area contributed by atoms with Crippen LogP contribution in [0.3, 0.4) is 0 Å². The molecule has 0 amide bonds. The smallest absolute Gasteiger partial charge is 0.157 e. The highest BCUT2D eigenvalue weighted by Gasteiger charge is 1.93. The van der Waals surface area contributed by atoms with E-state index in [1.807, 2.05) is 0 Å². The van der Waals surface area contributed by atoms with Crippen molar-refractivity contribution in [3.05, 3.63) is 28.3 Å². The number of rotatable bonds is 0. The number of halogens is 1. The first-order valence-corrected chi connectivity index (χ1v) is 2.93. The zero-order valence-corrected chi connectivity index (χ0v) is 5.70. The van der Waals surface area contributed by atoms with Gasteiger partial charge in [-0.1, -0.05) is 12.2 Å². The van der Waals surface area contributed by atoms with Crippen LogP contribution in [0.5, 0.6) is 0 Å². The second-order valence-electron chi connectivity index (χ2n) is 1.67. The van der Waals surface area contributed by atoms with Gasteiger partial charge in [-0.05, 0) is 6.07 Å². The molecule has 1 heterocycles. The fourth-order valence-corrected chi connectivity index (χ4v) is 0.695. The predicted octanol–water partition coefficient (Wildman–Crippen LogP) is 1.75. The zero-order valence-electron chi connectivity index (χ0n) is 4.89. The third-order valence-electron chi connectivity index (χ3n) is 0.986. The molecule has 0 aromatic carbocycles. The summed E-state index contributed by atoms with van der Waals surface area (Å²) < 4.78 is 12.5. The monoisotopic (exact) mass is 154 g/mol. The summed E-state index contributed by atoms with van der Waals surface area (Å²) >= 11 is 4.56. The van der Waals surface area contributed by atoms with Crippen LogP contribution in [0.15, 0.2) is 12.3 Å². The predicted molar refractivity (Wildman–Crippen MR) is 36.3 cm³/mol. The van der Waals surface area contributed by atoms with E-state index in [1.54, 1.807) is 6.07 Å². The second kappa shape index (κ2) is 2.58. The lowest BCUT2D eigenvalue weighted by atomic mass is 10.4. The Bertz CT molecular complexity index is 336. The van der Waals surface area contributed by atoms with Crippen LogP contribution in [0, 0.1) is 21.7 Å². The zero-order chi connectivity index (χ0) is 7.56. The molecular formula is C6H3FN2S. The molecule has 0 atom stereocenters. The minimum atomic E-state index is -0.506. The summed E-state index contributed by atoms with van der Waals surface area (Å²) in [7, 11) is 0. The van der Waals surface area contributed by atoms with Crippen LogP contribution in [0.25, 0.3) is 0 Å². The van der Waals surface area contributed by atoms with Crippen molar-refractivity contribution < 1.29 is 4.39 Å². The van der Waals surface area contributed by atoms with E-state index in [0.717, 1.165) is 6.20 Å². The number of aromatic amines is 1. The van der Waals surface area contributed by atoms with E-state index in [1.165, 1.54) is 6.07 Å². The van der Waals surface area contributed by atoms with E-state index in [-0.39, 0.29) is 10.2 Å². The Labute approximate surface area is 61.9 Å². The molecule has 0 radical (unpaired) electrons. The summed E-state index contributed by atoms with van der Waals surface area (Å²) in [6.07, 6.45) is 1.07. The first-order chi connectivity index (χ1) is 4.74. The van der Waals surface area contributed by atoms with Crippen LogP contribution in [-0.2, 0) is 0 Å². The largest absolute Gasteiger partial charge is 0.350 e. The van der Waals surface area contributed by atoms with Crippen molar-refractivity contribution in [3.8, 4) is 6.07 Å². The molecule has 0 saturated carbocycles. The molecule has 0 saturated heterocycles. The van der Waals surface area contributed by atoms with Gasteiger partial charge in [-0.3, -0.25) is 0 Å². The maximum Gasteiger partial charge on any atom is 0.157 e. The topological polar surface area (TPSA) is 39.6 Å². The van der Waals surface area contributed by atoms with Gasteiger partial charge in [0.05, 0.1) is 4.51 Å². The Balaban J connectivity index is 3.34. The molecular weight excluding hydrogens is 151 g/mol. The maximum atomic E-state index is 12.4. The summed E-state index contributed by atoms with van der Waals surface area (Å²) in [6.45, 7) is 0. The van der Waals surface area contributed by atoms with Crippen LogP contribution < -0.4 is 0 Å². The Morgan fingerprint density at radius 2 is 2.40 bits per heavy atom. The van der Waals surface area contributed by atoms with Crippen molar-refractivity contribution in [1.29, 1.82) is 5.26 Å². The van der Waals surface area contributed by atoms with Gasteiger partial charge < -0.3 is 4.98 Å². The van der Waals surface area contributed by atoms with Gasteiger partial charge in [-0.25, -0.2) is 4.39 Å². The number of nitrogens with zero attached hydrogens (tertiary/aromatic N) is 1. The van der Waals surface area contributed by atoms with E-state index >= 15 is 0 Å². The maximum absolute atomic E-state index is 12.4. The molecule has 0 aliphatic heterocycles. The van der Waals surface area contributed by atoms with Gasteiger partial charge in [0.25, 0.3) is 0 Å². The molecule has 1 aromatic rings. The van der Waals surface area contributed by atoms with Crippen LogP contribution in [0.2, 0.25) is 0 Å². The van der Waals surface area contributed by atoms with Crippen LogP contribution in [0.4, 0.5) is 4.39 Å². The Kier molecular flexibility index (Phi) is 1.78. The number of H-pyrrole nitrogens is 1. The first-order valence-electron chi connectivity index (χ1n) is 2.52. The fraction of sp³-hybridized carbons (Fsp3) is 0. The Morgan fingerprint density at radius 1 is 1.70 bits per heavy atom. The minimum absolute atomic E-state index is 0.0651. The standard InChI is InChI=1S/C6H3FN2S/c7-5-3-9-4(2-8)1-6(5)10/h1,3H,(H,9,10). The van der Waals surface area contributed by atoms with Gasteiger partial charge in [0, 0.05) is 6.20 Å². The third kappa shape index (κ3) is 1.20. The van der Waals surface area contributed by atoms with Crippen LogP contribution in [0.1, 0.15) is 5.69 Å². The van der Waals surface area contributed by atoms with Gasteiger partial charge in [0.15, 0.2) is 5.82 Å².